The SMILES string of the molecule is CC(C)(/C=C/C[C@](C)(O)[C@H]1CC[C@]2(C)[C@@H]1[C@H](O)C[C@@H]1[C@@]3(C)CC[C@H](O)C(C)(C)[C@H]3[C@@H](O)C[C@]12C)OO. The minimum absolute atomic E-state index is 0.0123. The molecule has 4 aliphatic carbocycles. The lowest BCUT2D eigenvalue weighted by atomic mass is 9.34. The van der Waals surface area contributed by atoms with Crippen molar-refractivity contribution in [3.05, 3.63) is 12.2 Å². The minimum atomic E-state index is -1.01. The van der Waals surface area contributed by atoms with Crippen molar-refractivity contribution in [3.8, 4) is 0 Å². The first-order valence-corrected chi connectivity index (χ1v) is 14.1. The average molecular weight is 509 g/mol. The molecule has 0 unspecified atom stereocenters. The van der Waals surface area contributed by atoms with Crippen molar-refractivity contribution in [2.75, 3.05) is 0 Å². The summed E-state index contributed by atoms with van der Waals surface area (Å²) >= 11 is 0. The van der Waals surface area contributed by atoms with Gasteiger partial charge in [-0.3, -0.25) is 5.26 Å². The molecule has 0 aromatic carbocycles. The standard InChI is InChI=1S/C30H52O6/c1-25(2,36-35)12-9-13-30(8,34)18-10-15-28(6)23(18)19(31)16-21-27(5)14-11-22(33)26(3,4)24(27)20(32)17-29(21,28)7/h9,12,18-24,31-35H,10-11,13-17H2,1-8H3/b12-9+/t18-,19+,20-,21+,22-,23-,24+,27+,28+,29+,30-/m0/s1. The number of aliphatic hydroxyl groups is 4. The lowest BCUT2D eigenvalue weighted by molar-refractivity contribution is -0.297. The number of hydrogen-bond donors (Lipinski definition) is 5. The van der Waals surface area contributed by atoms with Crippen molar-refractivity contribution >= 4 is 0 Å². The summed E-state index contributed by atoms with van der Waals surface area (Å²) in [7, 11) is 0. The van der Waals surface area contributed by atoms with Crippen LogP contribution in [0.4, 0.5) is 0 Å². The van der Waals surface area contributed by atoms with Crippen LogP contribution in [0, 0.1) is 45.3 Å². The summed E-state index contributed by atoms with van der Waals surface area (Å²) in [6.07, 6.45) is 7.30. The fraction of sp³-hybridized carbons (Fsp3) is 0.933. The molecule has 5 N–H and O–H groups in total. The van der Waals surface area contributed by atoms with Crippen molar-refractivity contribution in [2.24, 2.45) is 45.3 Å². The highest BCUT2D eigenvalue weighted by Gasteiger charge is 2.72. The lowest BCUT2D eigenvalue weighted by Crippen LogP contribution is -2.69. The van der Waals surface area contributed by atoms with E-state index in [9.17, 15) is 20.4 Å². The number of fused-ring (bicyclic) bond motifs is 5. The summed E-state index contributed by atoms with van der Waals surface area (Å²) in [5.74, 6) is 0.110. The second-order valence-electron chi connectivity index (χ2n) is 15.2. The van der Waals surface area contributed by atoms with E-state index in [0.29, 0.717) is 19.3 Å². The molecule has 0 spiro atoms. The van der Waals surface area contributed by atoms with Crippen LogP contribution in [-0.2, 0) is 4.89 Å². The Morgan fingerprint density at radius 3 is 2.17 bits per heavy atom. The molecule has 0 radical (unpaired) electrons. The van der Waals surface area contributed by atoms with Gasteiger partial charge in [-0.05, 0) is 111 Å². The number of aliphatic hydroxyl groups excluding tert-OH is 3. The van der Waals surface area contributed by atoms with Crippen molar-refractivity contribution in [1.82, 2.24) is 0 Å². The molecular weight excluding hydrogens is 456 g/mol. The van der Waals surface area contributed by atoms with E-state index in [2.05, 4.69) is 39.5 Å². The first-order valence-electron chi connectivity index (χ1n) is 14.1. The van der Waals surface area contributed by atoms with E-state index in [1.54, 1.807) is 19.9 Å². The third-order valence-corrected chi connectivity index (χ3v) is 12.3. The summed E-state index contributed by atoms with van der Waals surface area (Å²) < 4.78 is 0. The van der Waals surface area contributed by atoms with Gasteiger partial charge in [-0.2, -0.15) is 0 Å². The average Bonchev–Trinajstić information content (AvgIpc) is 3.13. The Morgan fingerprint density at radius 2 is 1.56 bits per heavy atom. The predicted octanol–water partition coefficient (Wildman–Crippen LogP) is 4.94. The van der Waals surface area contributed by atoms with Gasteiger partial charge >= 0.3 is 0 Å². The van der Waals surface area contributed by atoms with Crippen molar-refractivity contribution in [3.63, 3.8) is 0 Å². The first kappa shape index (κ1) is 28.5. The molecule has 11 atom stereocenters. The van der Waals surface area contributed by atoms with Gasteiger partial charge in [0.15, 0.2) is 0 Å². The molecule has 0 aromatic heterocycles. The Bertz CT molecular complexity index is 866. The van der Waals surface area contributed by atoms with Crippen LogP contribution >= 0.6 is 0 Å². The first-order chi connectivity index (χ1) is 16.4. The van der Waals surface area contributed by atoms with E-state index in [4.69, 9.17) is 5.26 Å². The zero-order valence-electron chi connectivity index (χ0n) is 23.8. The Morgan fingerprint density at radius 1 is 0.917 bits per heavy atom. The number of hydrogen-bond acceptors (Lipinski definition) is 6. The topological polar surface area (TPSA) is 110 Å². The third-order valence-electron chi connectivity index (χ3n) is 12.3. The van der Waals surface area contributed by atoms with Gasteiger partial charge in [-0.25, -0.2) is 4.89 Å². The van der Waals surface area contributed by atoms with E-state index in [1.807, 2.05) is 13.0 Å². The number of rotatable bonds is 5. The fourth-order valence-electron chi connectivity index (χ4n) is 10.4. The van der Waals surface area contributed by atoms with E-state index < -0.39 is 29.5 Å². The van der Waals surface area contributed by atoms with Crippen LogP contribution < -0.4 is 0 Å². The molecule has 6 heteroatoms. The van der Waals surface area contributed by atoms with Crippen LogP contribution in [0.1, 0.15) is 100 Å². The predicted molar refractivity (Wildman–Crippen MR) is 140 cm³/mol. The van der Waals surface area contributed by atoms with Crippen LogP contribution in [0.3, 0.4) is 0 Å². The molecule has 4 fully saturated rings. The van der Waals surface area contributed by atoms with Crippen molar-refractivity contribution in [2.45, 2.75) is 130 Å². The molecule has 36 heavy (non-hydrogen) atoms. The third kappa shape index (κ3) is 3.96. The summed E-state index contributed by atoms with van der Waals surface area (Å²) in [6, 6.07) is 0. The molecule has 0 bridgehead atoms. The zero-order chi connectivity index (χ0) is 27.1. The van der Waals surface area contributed by atoms with Gasteiger partial charge in [0.1, 0.15) is 5.60 Å². The fourth-order valence-corrected chi connectivity index (χ4v) is 10.4. The molecule has 4 saturated carbocycles. The monoisotopic (exact) mass is 508 g/mol. The quantitative estimate of drug-likeness (QED) is 0.204. The highest BCUT2D eigenvalue weighted by Crippen LogP contribution is 2.75. The van der Waals surface area contributed by atoms with Gasteiger partial charge < -0.3 is 20.4 Å². The highest BCUT2D eigenvalue weighted by molar-refractivity contribution is 5.21. The lowest BCUT2D eigenvalue weighted by Gasteiger charge is -2.71. The summed E-state index contributed by atoms with van der Waals surface area (Å²) in [6.45, 7) is 16.6. The van der Waals surface area contributed by atoms with E-state index in [1.165, 1.54) is 0 Å². The Labute approximate surface area is 218 Å². The molecule has 0 aromatic rings. The summed E-state index contributed by atoms with van der Waals surface area (Å²) in [4.78, 5) is 4.51. The van der Waals surface area contributed by atoms with Crippen LogP contribution in [0.2, 0.25) is 0 Å². The molecule has 0 aliphatic heterocycles. The molecule has 208 valence electrons. The van der Waals surface area contributed by atoms with Gasteiger partial charge in [-0.15, -0.1) is 0 Å². The molecule has 0 amide bonds. The molecule has 0 saturated heterocycles. The maximum absolute atomic E-state index is 11.8. The van der Waals surface area contributed by atoms with E-state index in [-0.39, 0.29) is 45.3 Å². The molecule has 4 rings (SSSR count). The van der Waals surface area contributed by atoms with Gasteiger partial charge in [0, 0.05) is 0 Å². The second-order valence-corrected chi connectivity index (χ2v) is 15.2. The second kappa shape index (κ2) is 8.76. The zero-order valence-corrected chi connectivity index (χ0v) is 23.8. The maximum Gasteiger partial charge on any atom is 0.116 e. The van der Waals surface area contributed by atoms with E-state index >= 15 is 0 Å². The highest BCUT2D eigenvalue weighted by atomic mass is 17.1. The normalized spacial score (nSPS) is 50.3. The maximum atomic E-state index is 11.8. The Hall–Kier alpha value is -0.500. The Balaban J connectivity index is 1.67. The van der Waals surface area contributed by atoms with Crippen LogP contribution in [0.25, 0.3) is 0 Å². The van der Waals surface area contributed by atoms with Crippen LogP contribution in [0.15, 0.2) is 12.2 Å². The molecule has 6 nitrogen and oxygen atoms in total. The largest absolute Gasteiger partial charge is 0.393 e. The van der Waals surface area contributed by atoms with E-state index in [0.717, 1.165) is 25.7 Å². The summed E-state index contributed by atoms with van der Waals surface area (Å²) in [5.41, 5.74) is -2.76. The molecule has 0 heterocycles. The van der Waals surface area contributed by atoms with Gasteiger partial charge in [0.05, 0.1) is 23.9 Å². The smallest absolute Gasteiger partial charge is 0.116 e. The Kier molecular flexibility index (Phi) is 6.93. The van der Waals surface area contributed by atoms with Gasteiger partial charge in [0.25, 0.3) is 0 Å². The molecular formula is C30H52O6. The van der Waals surface area contributed by atoms with Gasteiger partial charge in [-0.1, -0.05) is 46.8 Å². The minimum Gasteiger partial charge on any atom is -0.393 e. The molecule has 4 aliphatic rings. The van der Waals surface area contributed by atoms with Crippen molar-refractivity contribution < 1.29 is 30.6 Å². The van der Waals surface area contributed by atoms with Crippen LogP contribution in [-0.4, -0.2) is 55.2 Å². The van der Waals surface area contributed by atoms with Crippen LogP contribution in [0.5, 0.6) is 0 Å². The van der Waals surface area contributed by atoms with Crippen molar-refractivity contribution in [1.29, 1.82) is 0 Å². The van der Waals surface area contributed by atoms with Gasteiger partial charge in [0.2, 0.25) is 0 Å². The summed E-state index contributed by atoms with van der Waals surface area (Å²) in [5, 5.41) is 55.1.